The maximum absolute atomic E-state index is 11.8. The first-order chi connectivity index (χ1) is 9.95. The number of hydrogen-bond donors (Lipinski definition) is 2. The summed E-state index contributed by atoms with van der Waals surface area (Å²) in [6, 6.07) is 6.97. The Bertz CT molecular complexity index is 677. The molecule has 0 saturated carbocycles. The van der Waals surface area contributed by atoms with Crippen LogP contribution in [0.25, 0.3) is 6.08 Å². The number of aromatic nitrogens is 2. The molecule has 2 rings (SSSR count). The predicted octanol–water partition coefficient (Wildman–Crippen LogP) is 4.49. The highest BCUT2D eigenvalue weighted by Gasteiger charge is 2.06. The van der Waals surface area contributed by atoms with Gasteiger partial charge < -0.3 is 5.32 Å². The second-order valence-corrected chi connectivity index (χ2v) is 5.67. The third-order valence-corrected chi connectivity index (χ3v) is 3.58. The summed E-state index contributed by atoms with van der Waals surface area (Å²) in [5, 5.41) is 10.5. The number of aromatic amines is 1. The first-order valence-electron chi connectivity index (χ1n) is 6.45. The van der Waals surface area contributed by atoms with Gasteiger partial charge in [-0.3, -0.25) is 9.89 Å². The quantitative estimate of drug-likeness (QED) is 0.814. The number of nitrogens with one attached hydrogen (secondary N) is 2. The van der Waals surface area contributed by atoms with Crippen LogP contribution in [-0.2, 0) is 4.79 Å². The molecule has 0 fully saturated rings. The Hall–Kier alpha value is -1.78. The van der Waals surface area contributed by atoms with Gasteiger partial charge in [-0.25, -0.2) is 0 Å². The van der Waals surface area contributed by atoms with Gasteiger partial charge in [0.2, 0.25) is 5.91 Å². The predicted molar refractivity (Wildman–Crippen MR) is 86.8 cm³/mol. The number of amides is 1. The van der Waals surface area contributed by atoms with E-state index in [-0.39, 0.29) is 5.91 Å². The molecule has 2 N–H and O–H groups in total. The van der Waals surface area contributed by atoms with Crippen molar-refractivity contribution < 1.29 is 4.79 Å². The smallest absolute Gasteiger partial charge is 0.249 e. The van der Waals surface area contributed by atoms with Gasteiger partial charge in [0.05, 0.1) is 10.0 Å². The summed E-state index contributed by atoms with van der Waals surface area (Å²) in [4.78, 5) is 11.8. The lowest BCUT2D eigenvalue weighted by molar-refractivity contribution is -0.111. The minimum atomic E-state index is -0.261. The molecule has 0 atom stereocenters. The van der Waals surface area contributed by atoms with E-state index < -0.39 is 0 Å². The van der Waals surface area contributed by atoms with Gasteiger partial charge in [-0.05, 0) is 29.7 Å². The summed E-state index contributed by atoms with van der Waals surface area (Å²) >= 11 is 11.7. The van der Waals surface area contributed by atoms with Gasteiger partial charge in [-0.2, -0.15) is 5.10 Å². The highest BCUT2D eigenvalue weighted by molar-refractivity contribution is 6.42. The summed E-state index contributed by atoms with van der Waals surface area (Å²) in [6.45, 7) is 4.09. The van der Waals surface area contributed by atoms with Crippen molar-refractivity contribution >= 4 is 41.0 Å². The average molecular weight is 324 g/mol. The normalized spacial score (nSPS) is 11.3. The third kappa shape index (κ3) is 4.34. The third-order valence-electron chi connectivity index (χ3n) is 2.84. The Balaban J connectivity index is 2.00. The van der Waals surface area contributed by atoms with E-state index in [0.717, 1.165) is 11.3 Å². The molecule has 6 heteroatoms. The van der Waals surface area contributed by atoms with Gasteiger partial charge in [0.25, 0.3) is 0 Å². The number of anilines is 1. The molecule has 0 aliphatic carbocycles. The zero-order chi connectivity index (χ0) is 15.4. The molecule has 2 aromatic rings. The van der Waals surface area contributed by atoms with Crippen molar-refractivity contribution in [3.05, 3.63) is 51.6 Å². The number of hydrogen-bond acceptors (Lipinski definition) is 2. The second-order valence-electron chi connectivity index (χ2n) is 4.86. The Morgan fingerprint density at radius 3 is 2.67 bits per heavy atom. The van der Waals surface area contributed by atoms with Gasteiger partial charge >= 0.3 is 0 Å². The summed E-state index contributed by atoms with van der Waals surface area (Å²) < 4.78 is 0. The van der Waals surface area contributed by atoms with Crippen LogP contribution in [-0.4, -0.2) is 16.1 Å². The molecule has 0 unspecified atom stereocenters. The van der Waals surface area contributed by atoms with Crippen LogP contribution < -0.4 is 5.32 Å². The number of nitrogens with zero attached hydrogens (tertiary/aromatic N) is 1. The summed E-state index contributed by atoms with van der Waals surface area (Å²) in [6.07, 6.45) is 3.08. The number of benzene rings is 1. The highest BCUT2D eigenvalue weighted by Crippen LogP contribution is 2.23. The van der Waals surface area contributed by atoms with Crippen LogP contribution in [0.4, 0.5) is 5.82 Å². The minimum absolute atomic E-state index is 0.261. The number of H-pyrrole nitrogens is 1. The summed E-state index contributed by atoms with van der Waals surface area (Å²) in [5.41, 5.74) is 1.77. The number of halogens is 2. The van der Waals surface area contributed by atoms with Crippen molar-refractivity contribution in [3.63, 3.8) is 0 Å². The van der Waals surface area contributed by atoms with Gasteiger partial charge in [-0.1, -0.05) is 43.1 Å². The molecule has 0 radical (unpaired) electrons. The zero-order valence-corrected chi connectivity index (χ0v) is 13.2. The molecule has 0 saturated heterocycles. The van der Waals surface area contributed by atoms with Crippen LogP contribution in [0.5, 0.6) is 0 Å². The fourth-order valence-electron chi connectivity index (χ4n) is 1.65. The molecule has 0 spiro atoms. The molecule has 110 valence electrons. The fraction of sp³-hybridized carbons (Fsp3) is 0.200. The van der Waals surface area contributed by atoms with E-state index in [1.165, 1.54) is 6.08 Å². The lowest BCUT2D eigenvalue weighted by atomic mass is 10.1. The summed E-state index contributed by atoms with van der Waals surface area (Å²) in [5.74, 6) is 0.570. The molecule has 0 aliphatic heterocycles. The lowest BCUT2D eigenvalue weighted by Crippen LogP contribution is -2.07. The Kier molecular flexibility index (Phi) is 5.04. The van der Waals surface area contributed by atoms with Crippen molar-refractivity contribution in [2.45, 2.75) is 19.8 Å². The van der Waals surface area contributed by atoms with Crippen LogP contribution in [0.15, 0.2) is 30.3 Å². The summed E-state index contributed by atoms with van der Waals surface area (Å²) in [7, 11) is 0. The van der Waals surface area contributed by atoms with E-state index in [2.05, 4.69) is 15.5 Å². The number of carbonyl (C=O) groups is 1. The first-order valence-corrected chi connectivity index (χ1v) is 7.20. The van der Waals surface area contributed by atoms with E-state index >= 15 is 0 Å². The zero-order valence-electron chi connectivity index (χ0n) is 11.7. The van der Waals surface area contributed by atoms with Gasteiger partial charge in [0.1, 0.15) is 0 Å². The topological polar surface area (TPSA) is 57.8 Å². The first kappa shape index (κ1) is 15.6. The van der Waals surface area contributed by atoms with E-state index in [1.54, 1.807) is 24.3 Å². The molecule has 1 aromatic carbocycles. The molecule has 1 aromatic heterocycles. The van der Waals surface area contributed by atoms with E-state index in [4.69, 9.17) is 23.2 Å². The SMILES string of the molecule is CC(C)c1cc(NC(=O)/C=C/c2ccc(Cl)c(Cl)c2)n[nH]1. The number of rotatable bonds is 4. The van der Waals surface area contributed by atoms with Crippen LogP contribution in [0.1, 0.15) is 31.0 Å². The van der Waals surface area contributed by atoms with Crippen molar-refractivity contribution in [1.82, 2.24) is 10.2 Å². The van der Waals surface area contributed by atoms with Crippen LogP contribution in [0.3, 0.4) is 0 Å². The van der Waals surface area contributed by atoms with Crippen molar-refractivity contribution in [1.29, 1.82) is 0 Å². The molecule has 1 amide bonds. The highest BCUT2D eigenvalue weighted by atomic mass is 35.5. The Morgan fingerprint density at radius 1 is 1.29 bits per heavy atom. The maximum atomic E-state index is 11.8. The van der Waals surface area contributed by atoms with Crippen molar-refractivity contribution in [2.24, 2.45) is 0 Å². The van der Waals surface area contributed by atoms with E-state index in [0.29, 0.717) is 21.8 Å². The lowest BCUT2D eigenvalue weighted by Gasteiger charge is -1.99. The van der Waals surface area contributed by atoms with Gasteiger partial charge in [0.15, 0.2) is 5.82 Å². The number of carbonyl (C=O) groups excluding carboxylic acids is 1. The molecule has 1 heterocycles. The largest absolute Gasteiger partial charge is 0.306 e. The van der Waals surface area contributed by atoms with E-state index in [9.17, 15) is 4.79 Å². The monoisotopic (exact) mass is 323 g/mol. The van der Waals surface area contributed by atoms with Crippen LogP contribution in [0, 0.1) is 0 Å². The minimum Gasteiger partial charge on any atom is -0.306 e. The average Bonchev–Trinajstić information content (AvgIpc) is 2.89. The molecular weight excluding hydrogens is 309 g/mol. The molecular formula is C15H15Cl2N3O. The molecule has 21 heavy (non-hydrogen) atoms. The van der Waals surface area contributed by atoms with Crippen molar-refractivity contribution in [2.75, 3.05) is 5.32 Å². The molecule has 0 bridgehead atoms. The van der Waals surface area contributed by atoms with E-state index in [1.807, 2.05) is 19.9 Å². The van der Waals surface area contributed by atoms with Gasteiger partial charge in [0, 0.05) is 17.8 Å². The standard InChI is InChI=1S/C15H15Cl2N3O/c1-9(2)13-8-14(20-19-13)18-15(21)6-4-10-3-5-11(16)12(17)7-10/h3-9H,1-2H3,(H2,18,19,20,21)/b6-4+. The van der Waals surface area contributed by atoms with Crippen LogP contribution in [0.2, 0.25) is 10.0 Å². The molecule has 4 nitrogen and oxygen atoms in total. The van der Waals surface area contributed by atoms with Crippen LogP contribution >= 0.6 is 23.2 Å². The maximum Gasteiger partial charge on any atom is 0.249 e. The fourth-order valence-corrected chi connectivity index (χ4v) is 1.96. The van der Waals surface area contributed by atoms with Gasteiger partial charge in [-0.15, -0.1) is 0 Å². The second kappa shape index (κ2) is 6.78. The Morgan fingerprint density at radius 2 is 2.05 bits per heavy atom. The molecule has 0 aliphatic rings. The Labute approximate surface area is 133 Å². The van der Waals surface area contributed by atoms with Crippen molar-refractivity contribution in [3.8, 4) is 0 Å².